The topological polar surface area (TPSA) is 108 Å². The highest BCUT2D eigenvalue weighted by molar-refractivity contribution is 5.74. The van der Waals surface area contributed by atoms with Crippen LogP contribution in [0, 0.1) is 18.3 Å². The first-order valence-corrected chi connectivity index (χ1v) is 10.2. The maximum absolute atomic E-state index is 12.2. The summed E-state index contributed by atoms with van der Waals surface area (Å²) >= 11 is 0. The summed E-state index contributed by atoms with van der Waals surface area (Å²) in [5.41, 5.74) is 8.13. The Balaban J connectivity index is 1.49. The van der Waals surface area contributed by atoms with Gasteiger partial charge in [-0.1, -0.05) is 25.1 Å². The van der Waals surface area contributed by atoms with E-state index < -0.39 is 11.9 Å². The molecule has 3 aromatic rings. The molecule has 162 valence electrons. The van der Waals surface area contributed by atoms with E-state index in [2.05, 4.69) is 13.0 Å². The SMILES string of the molecule is CCc1ccc(OCC(=O)Oc2ccc3c(c2)OC(N)=C(C#N)C3c2ccc(C)o2)cc1. The summed E-state index contributed by atoms with van der Waals surface area (Å²) in [6.07, 6.45) is 0.929. The molecular weight excluding hydrogens is 408 g/mol. The monoisotopic (exact) mass is 430 g/mol. The molecule has 1 atom stereocenters. The minimum atomic E-state index is -0.556. The van der Waals surface area contributed by atoms with Gasteiger partial charge >= 0.3 is 5.97 Å². The lowest BCUT2D eigenvalue weighted by atomic mass is 9.87. The summed E-state index contributed by atoms with van der Waals surface area (Å²) in [7, 11) is 0. The fraction of sp³-hybridized carbons (Fsp3) is 0.200. The largest absolute Gasteiger partial charge is 0.482 e. The standard InChI is InChI=1S/C25H22N2O5/c1-3-16-5-7-17(8-6-16)29-14-23(28)31-18-9-10-19-22(12-18)32-25(27)20(13-26)24(19)21-11-4-15(2)30-21/h4-12,24H,3,14,27H2,1-2H3. The van der Waals surface area contributed by atoms with Crippen LogP contribution in [0.15, 0.2) is 70.5 Å². The number of furan rings is 1. The normalized spacial score (nSPS) is 14.8. The molecule has 0 saturated heterocycles. The minimum Gasteiger partial charge on any atom is -0.482 e. The van der Waals surface area contributed by atoms with Crippen molar-refractivity contribution in [2.75, 3.05) is 6.61 Å². The first-order chi connectivity index (χ1) is 15.5. The zero-order valence-electron chi connectivity index (χ0n) is 17.8. The molecular formula is C25H22N2O5. The summed E-state index contributed by atoms with van der Waals surface area (Å²) in [5.74, 6) is 1.49. The van der Waals surface area contributed by atoms with Crippen molar-refractivity contribution in [3.8, 4) is 23.3 Å². The summed E-state index contributed by atoms with van der Waals surface area (Å²) < 4.78 is 22.3. The van der Waals surface area contributed by atoms with Crippen LogP contribution in [0.5, 0.6) is 17.2 Å². The van der Waals surface area contributed by atoms with Gasteiger partial charge in [-0.05, 0) is 49.2 Å². The number of esters is 1. The number of aryl methyl sites for hydroxylation is 2. The van der Waals surface area contributed by atoms with E-state index in [1.807, 2.05) is 37.3 Å². The minimum absolute atomic E-state index is 0.0126. The van der Waals surface area contributed by atoms with E-state index in [1.165, 1.54) is 5.56 Å². The number of nitriles is 1. The summed E-state index contributed by atoms with van der Waals surface area (Å²) in [4.78, 5) is 12.2. The van der Waals surface area contributed by atoms with E-state index >= 15 is 0 Å². The summed E-state index contributed by atoms with van der Waals surface area (Å²) in [5, 5.41) is 9.59. The maximum Gasteiger partial charge on any atom is 0.349 e. The predicted octanol–water partition coefficient (Wildman–Crippen LogP) is 4.35. The quantitative estimate of drug-likeness (QED) is 0.457. The lowest BCUT2D eigenvalue weighted by Crippen LogP contribution is -2.21. The third-order valence-corrected chi connectivity index (χ3v) is 5.16. The van der Waals surface area contributed by atoms with E-state index in [1.54, 1.807) is 24.3 Å². The molecule has 0 saturated carbocycles. The van der Waals surface area contributed by atoms with Crippen molar-refractivity contribution in [2.45, 2.75) is 26.2 Å². The van der Waals surface area contributed by atoms with E-state index in [0.717, 1.165) is 12.2 Å². The number of allylic oxidation sites excluding steroid dienone is 1. The van der Waals surface area contributed by atoms with Crippen LogP contribution in [0.1, 0.15) is 35.5 Å². The zero-order chi connectivity index (χ0) is 22.7. The van der Waals surface area contributed by atoms with Crippen LogP contribution in [-0.4, -0.2) is 12.6 Å². The average Bonchev–Trinajstić information content (AvgIpc) is 3.22. The van der Waals surface area contributed by atoms with Crippen molar-refractivity contribution in [1.82, 2.24) is 0 Å². The van der Waals surface area contributed by atoms with Gasteiger partial charge in [-0.3, -0.25) is 0 Å². The Morgan fingerprint density at radius 2 is 1.88 bits per heavy atom. The second kappa shape index (κ2) is 8.90. The van der Waals surface area contributed by atoms with Gasteiger partial charge in [0.1, 0.15) is 40.4 Å². The number of ether oxygens (including phenoxy) is 3. The number of carbonyl (C=O) groups is 1. The van der Waals surface area contributed by atoms with Gasteiger partial charge in [-0.25, -0.2) is 4.79 Å². The molecule has 0 amide bonds. The van der Waals surface area contributed by atoms with Gasteiger partial charge in [0.15, 0.2) is 6.61 Å². The third kappa shape index (κ3) is 4.30. The molecule has 1 aliphatic heterocycles. The third-order valence-electron chi connectivity index (χ3n) is 5.16. The summed E-state index contributed by atoms with van der Waals surface area (Å²) in [6.45, 7) is 3.65. The number of nitrogens with two attached hydrogens (primary N) is 1. The molecule has 0 fully saturated rings. The van der Waals surface area contributed by atoms with E-state index in [9.17, 15) is 10.1 Å². The number of benzene rings is 2. The van der Waals surface area contributed by atoms with Crippen molar-refractivity contribution in [3.05, 3.63) is 88.7 Å². The molecule has 0 spiro atoms. The first-order valence-electron chi connectivity index (χ1n) is 10.2. The van der Waals surface area contributed by atoms with E-state index in [4.69, 9.17) is 24.4 Å². The van der Waals surface area contributed by atoms with Gasteiger partial charge in [0, 0.05) is 11.6 Å². The highest BCUT2D eigenvalue weighted by atomic mass is 16.6. The lowest BCUT2D eigenvalue weighted by Gasteiger charge is -2.25. The number of hydrogen-bond acceptors (Lipinski definition) is 7. The molecule has 0 bridgehead atoms. The second-order valence-corrected chi connectivity index (χ2v) is 7.33. The molecule has 2 heterocycles. The van der Waals surface area contributed by atoms with Gasteiger partial charge in [-0.15, -0.1) is 0 Å². The van der Waals surface area contributed by atoms with Crippen molar-refractivity contribution >= 4 is 5.97 Å². The summed E-state index contributed by atoms with van der Waals surface area (Å²) in [6, 6.07) is 18.2. The van der Waals surface area contributed by atoms with Gasteiger partial charge < -0.3 is 24.4 Å². The van der Waals surface area contributed by atoms with Crippen molar-refractivity contribution in [1.29, 1.82) is 5.26 Å². The number of nitrogens with zero attached hydrogens (tertiary/aromatic N) is 1. The molecule has 1 unspecified atom stereocenters. The smallest absolute Gasteiger partial charge is 0.349 e. The second-order valence-electron chi connectivity index (χ2n) is 7.33. The van der Waals surface area contributed by atoms with Gasteiger partial charge in [0.05, 0.1) is 5.92 Å². The Kier molecular flexibility index (Phi) is 5.86. The lowest BCUT2D eigenvalue weighted by molar-refractivity contribution is -0.136. The number of fused-ring (bicyclic) bond motifs is 1. The molecule has 0 radical (unpaired) electrons. The van der Waals surface area contributed by atoms with Crippen LogP contribution < -0.4 is 19.9 Å². The molecule has 2 aromatic carbocycles. The fourth-order valence-electron chi connectivity index (χ4n) is 3.52. The predicted molar refractivity (Wildman–Crippen MR) is 116 cm³/mol. The zero-order valence-corrected chi connectivity index (χ0v) is 17.8. The maximum atomic E-state index is 12.2. The van der Waals surface area contributed by atoms with Crippen LogP contribution in [0.4, 0.5) is 0 Å². The first kappa shape index (κ1) is 21.1. The van der Waals surface area contributed by atoms with Crippen molar-refractivity contribution < 1.29 is 23.4 Å². The Morgan fingerprint density at radius 3 is 2.53 bits per heavy atom. The average molecular weight is 430 g/mol. The molecule has 0 aliphatic carbocycles. The van der Waals surface area contributed by atoms with Crippen LogP contribution >= 0.6 is 0 Å². The van der Waals surface area contributed by atoms with Gasteiger partial charge in [-0.2, -0.15) is 5.26 Å². The number of carbonyl (C=O) groups excluding carboxylic acids is 1. The molecule has 1 aliphatic rings. The Labute approximate surface area is 185 Å². The molecule has 2 N–H and O–H groups in total. The highest BCUT2D eigenvalue weighted by Crippen LogP contribution is 2.43. The van der Waals surface area contributed by atoms with Crippen molar-refractivity contribution in [3.63, 3.8) is 0 Å². The van der Waals surface area contributed by atoms with E-state index in [-0.39, 0.29) is 23.8 Å². The van der Waals surface area contributed by atoms with Gasteiger partial charge in [0.25, 0.3) is 0 Å². The van der Waals surface area contributed by atoms with Gasteiger partial charge in [0.2, 0.25) is 5.88 Å². The van der Waals surface area contributed by atoms with Crippen LogP contribution in [-0.2, 0) is 11.2 Å². The molecule has 4 rings (SSSR count). The van der Waals surface area contributed by atoms with Crippen LogP contribution in [0.25, 0.3) is 0 Å². The molecule has 7 heteroatoms. The van der Waals surface area contributed by atoms with E-state index in [0.29, 0.717) is 22.8 Å². The van der Waals surface area contributed by atoms with Crippen LogP contribution in [0.2, 0.25) is 0 Å². The Bertz CT molecular complexity index is 1220. The highest BCUT2D eigenvalue weighted by Gasteiger charge is 2.33. The molecule has 7 nitrogen and oxygen atoms in total. The van der Waals surface area contributed by atoms with Crippen LogP contribution in [0.3, 0.4) is 0 Å². The number of rotatable bonds is 6. The molecule has 32 heavy (non-hydrogen) atoms. The number of hydrogen-bond donors (Lipinski definition) is 1. The molecule has 1 aromatic heterocycles. The van der Waals surface area contributed by atoms with Crippen molar-refractivity contribution in [2.24, 2.45) is 5.73 Å². The Morgan fingerprint density at radius 1 is 1.12 bits per heavy atom. The Hall–Kier alpha value is -4.18. The fourth-order valence-corrected chi connectivity index (χ4v) is 3.52.